The van der Waals surface area contributed by atoms with Gasteiger partial charge in [0.2, 0.25) is 0 Å². The van der Waals surface area contributed by atoms with Gasteiger partial charge in [0.05, 0.1) is 13.2 Å². The van der Waals surface area contributed by atoms with Gasteiger partial charge in [-0.2, -0.15) is 0 Å². The van der Waals surface area contributed by atoms with Crippen molar-refractivity contribution in [3.8, 4) is 0 Å². The predicted octanol–water partition coefficient (Wildman–Crippen LogP) is 9.10. The molecule has 0 aromatic carbocycles. The fourth-order valence-electron chi connectivity index (χ4n) is 4.68. The van der Waals surface area contributed by atoms with E-state index >= 15 is 0 Å². The van der Waals surface area contributed by atoms with Crippen molar-refractivity contribution in [3.05, 3.63) is 0 Å². The lowest BCUT2D eigenvalue weighted by Crippen LogP contribution is -2.18. The molecule has 0 saturated heterocycles. The summed E-state index contributed by atoms with van der Waals surface area (Å²) in [5.41, 5.74) is 0. The van der Waals surface area contributed by atoms with E-state index in [-0.39, 0.29) is 24.9 Å². The van der Waals surface area contributed by atoms with Crippen LogP contribution in [0.5, 0.6) is 0 Å². The van der Waals surface area contributed by atoms with Crippen molar-refractivity contribution in [1.82, 2.24) is 4.90 Å². The summed E-state index contributed by atoms with van der Waals surface area (Å²) in [5, 5.41) is 0. The smallest absolute Gasteiger partial charge is 0.307 e. The van der Waals surface area contributed by atoms with Crippen LogP contribution in [0.4, 0.5) is 0 Å². The average Bonchev–Trinajstić information content (AvgIpc) is 2.84. The molecule has 0 rings (SSSR count). The topological polar surface area (TPSA) is 76.1 Å². The molecule has 7 heteroatoms. The first kappa shape index (κ1) is 36.7. The highest BCUT2D eigenvalue weighted by Gasteiger charge is 2.24. The number of ketones is 1. The Morgan fingerprint density at radius 1 is 0.730 bits per heavy atom. The van der Waals surface area contributed by atoms with Crippen LogP contribution in [-0.2, 0) is 18.4 Å². The van der Waals surface area contributed by atoms with E-state index in [1.165, 1.54) is 96.3 Å². The molecule has 222 valence electrons. The molecule has 2 atom stereocenters. The van der Waals surface area contributed by atoms with Crippen molar-refractivity contribution in [3.63, 3.8) is 0 Å². The van der Waals surface area contributed by atoms with Gasteiger partial charge in [-0.05, 0) is 32.9 Å². The zero-order valence-electron chi connectivity index (χ0n) is 25.0. The molecule has 0 bridgehead atoms. The van der Waals surface area contributed by atoms with Gasteiger partial charge in [0.15, 0.2) is 0 Å². The largest absolute Gasteiger partial charge is 0.472 e. The molecule has 0 aliphatic carbocycles. The first-order valence-corrected chi connectivity index (χ1v) is 17.1. The molecule has 2 unspecified atom stereocenters. The first-order valence-electron chi connectivity index (χ1n) is 15.6. The Hall–Kier alpha value is -0.260. The van der Waals surface area contributed by atoms with Gasteiger partial charge in [0, 0.05) is 19.4 Å². The van der Waals surface area contributed by atoms with E-state index in [1.807, 2.05) is 25.9 Å². The van der Waals surface area contributed by atoms with Crippen molar-refractivity contribution in [2.24, 2.45) is 5.92 Å². The van der Waals surface area contributed by atoms with Crippen LogP contribution in [0.3, 0.4) is 0 Å². The number of carbonyl (C=O) groups is 1. The van der Waals surface area contributed by atoms with Crippen LogP contribution in [0.1, 0.15) is 149 Å². The van der Waals surface area contributed by atoms with E-state index in [2.05, 4.69) is 6.92 Å². The maximum absolute atomic E-state index is 12.2. The number of unbranched alkanes of at least 4 members (excludes halogenated alkanes) is 16. The van der Waals surface area contributed by atoms with Gasteiger partial charge in [0.1, 0.15) is 5.78 Å². The molecular weight excluding hydrogens is 485 g/mol. The molecular formula is C30H62NO5P. The van der Waals surface area contributed by atoms with Gasteiger partial charge in [-0.15, -0.1) is 0 Å². The van der Waals surface area contributed by atoms with Crippen molar-refractivity contribution < 1.29 is 23.3 Å². The number of carbonyl (C=O) groups excluding carboxylic acids is 1. The zero-order valence-corrected chi connectivity index (χ0v) is 25.9. The number of hydrogen-bond donors (Lipinski definition) is 1. The fourth-order valence-corrected chi connectivity index (χ4v) is 5.47. The summed E-state index contributed by atoms with van der Waals surface area (Å²) < 4.78 is 22.5. The Kier molecular flexibility index (Phi) is 25.8. The standard InChI is InChI=1S/C30H62NO5P/c1-5-7-8-9-10-11-12-13-14-15-16-17-18-19-20-21-22-24-29(27-30(32)23-6-2)28-36-37(33,34)35-26-25-31(3)4/h29H,5-28H2,1-4H3,(H,33,34). The number of Topliss-reactive ketones (excluding diaryl/α,β-unsaturated/α-hetero) is 1. The van der Waals surface area contributed by atoms with Crippen LogP contribution >= 0.6 is 7.82 Å². The third-order valence-electron chi connectivity index (χ3n) is 7.03. The Bertz CT molecular complexity index is 558. The van der Waals surface area contributed by atoms with Crippen molar-refractivity contribution in [2.45, 2.75) is 149 Å². The molecule has 0 aliphatic heterocycles. The second-order valence-electron chi connectivity index (χ2n) is 11.2. The molecule has 0 aromatic heterocycles. The van der Waals surface area contributed by atoms with Gasteiger partial charge >= 0.3 is 7.82 Å². The lowest BCUT2D eigenvalue weighted by atomic mass is 9.94. The molecule has 6 nitrogen and oxygen atoms in total. The third kappa shape index (κ3) is 27.1. The minimum absolute atomic E-state index is 0.0201. The second kappa shape index (κ2) is 26.0. The summed E-state index contributed by atoms with van der Waals surface area (Å²) in [6.45, 7) is 5.06. The number of hydrogen-bond acceptors (Lipinski definition) is 5. The lowest BCUT2D eigenvalue weighted by Gasteiger charge is -2.19. The normalized spacial score (nSPS) is 14.2. The monoisotopic (exact) mass is 547 g/mol. The zero-order chi connectivity index (χ0) is 27.6. The van der Waals surface area contributed by atoms with Crippen LogP contribution in [0, 0.1) is 5.92 Å². The number of nitrogens with zero attached hydrogens (tertiary/aromatic N) is 1. The molecule has 0 aromatic rings. The van der Waals surface area contributed by atoms with Crippen LogP contribution in [0.2, 0.25) is 0 Å². The van der Waals surface area contributed by atoms with Crippen LogP contribution < -0.4 is 0 Å². The number of phosphoric ester groups is 1. The molecule has 0 spiro atoms. The summed E-state index contributed by atoms with van der Waals surface area (Å²) >= 11 is 0. The van der Waals surface area contributed by atoms with E-state index in [4.69, 9.17) is 9.05 Å². The molecule has 0 radical (unpaired) electrons. The molecule has 0 aliphatic rings. The van der Waals surface area contributed by atoms with E-state index in [0.717, 1.165) is 25.7 Å². The molecule has 1 N–H and O–H groups in total. The minimum atomic E-state index is -4.08. The second-order valence-corrected chi connectivity index (χ2v) is 12.7. The highest BCUT2D eigenvalue weighted by Crippen LogP contribution is 2.43. The summed E-state index contributed by atoms with van der Waals surface area (Å²) in [6.07, 6.45) is 25.4. The summed E-state index contributed by atoms with van der Waals surface area (Å²) in [6, 6.07) is 0. The third-order valence-corrected chi connectivity index (χ3v) is 8.01. The summed E-state index contributed by atoms with van der Waals surface area (Å²) in [4.78, 5) is 24.0. The van der Waals surface area contributed by atoms with E-state index in [1.54, 1.807) is 0 Å². The maximum Gasteiger partial charge on any atom is 0.472 e. The Morgan fingerprint density at radius 2 is 1.19 bits per heavy atom. The summed E-state index contributed by atoms with van der Waals surface area (Å²) in [5.74, 6) is 0.192. The number of rotatable bonds is 29. The summed E-state index contributed by atoms with van der Waals surface area (Å²) in [7, 11) is -0.325. The first-order chi connectivity index (χ1) is 17.8. The highest BCUT2D eigenvalue weighted by atomic mass is 31.2. The maximum atomic E-state index is 12.2. The number of phosphoric acid groups is 1. The quantitative estimate of drug-likeness (QED) is 0.0743. The Labute approximate surface area is 230 Å². The van der Waals surface area contributed by atoms with E-state index in [0.29, 0.717) is 19.4 Å². The molecule has 0 amide bonds. The SMILES string of the molecule is CCCCCCCCCCCCCCCCCCCC(COP(=O)(O)OCCN(C)C)CC(=O)CCC. The minimum Gasteiger partial charge on any atom is -0.307 e. The van der Waals surface area contributed by atoms with Crippen LogP contribution in [0.15, 0.2) is 0 Å². The fraction of sp³-hybridized carbons (Fsp3) is 0.967. The van der Waals surface area contributed by atoms with Crippen molar-refractivity contribution in [1.29, 1.82) is 0 Å². The average molecular weight is 548 g/mol. The van der Waals surface area contributed by atoms with Gasteiger partial charge < -0.3 is 9.79 Å². The Balaban J connectivity index is 3.86. The van der Waals surface area contributed by atoms with Gasteiger partial charge in [-0.3, -0.25) is 13.8 Å². The van der Waals surface area contributed by atoms with E-state index < -0.39 is 7.82 Å². The highest BCUT2D eigenvalue weighted by molar-refractivity contribution is 7.47. The van der Waals surface area contributed by atoms with Gasteiger partial charge in [-0.25, -0.2) is 4.57 Å². The predicted molar refractivity (Wildman–Crippen MR) is 157 cm³/mol. The lowest BCUT2D eigenvalue weighted by molar-refractivity contribution is -0.120. The van der Waals surface area contributed by atoms with Crippen molar-refractivity contribution in [2.75, 3.05) is 33.9 Å². The van der Waals surface area contributed by atoms with Gasteiger partial charge in [0.25, 0.3) is 0 Å². The van der Waals surface area contributed by atoms with Crippen LogP contribution in [0.25, 0.3) is 0 Å². The molecule has 37 heavy (non-hydrogen) atoms. The molecule has 0 heterocycles. The van der Waals surface area contributed by atoms with Crippen molar-refractivity contribution >= 4 is 13.6 Å². The van der Waals surface area contributed by atoms with E-state index in [9.17, 15) is 14.3 Å². The molecule has 0 fully saturated rings. The Morgan fingerprint density at radius 3 is 1.62 bits per heavy atom. The number of likely N-dealkylation sites (N-methyl/N-ethyl adjacent to an activating group) is 1. The van der Waals surface area contributed by atoms with Gasteiger partial charge in [-0.1, -0.05) is 123 Å². The molecule has 0 saturated carbocycles. The van der Waals surface area contributed by atoms with Crippen LogP contribution in [-0.4, -0.2) is 49.4 Å².